The van der Waals surface area contributed by atoms with E-state index in [0.717, 1.165) is 24.5 Å². The Labute approximate surface area is 78.1 Å². The molecule has 13 heavy (non-hydrogen) atoms. The third-order valence-electron chi connectivity index (χ3n) is 2.24. The number of ether oxygens (including phenoxy) is 1. The van der Waals surface area contributed by atoms with E-state index in [1.54, 1.807) is 0 Å². The van der Waals surface area contributed by atoms with Crippen molar-refractivity contribution in [2.75, 3.05) is 25.9 Å². The topological polar surface area (TPSA) is 38.5 Å². The highest BCUT2D eigenvalue weighted by atomic mass is 16.5. The molecule has 0 saturated carbocycles. The first-order valence-electron chi connectivity index (χ1n) is 4.45. The van der Waals surface area contributed by atoms with Gasteiger partial charge in [-0.25, -0.2) is 0 Å². The molecule has 0 radical (unpaired) electrons. The number of para-hydroxylation sites is 2. The van der Waals surface area contributed by atoms with Gasteiger partial charge in [0, 0.05) is 13.1 Å². The van der Waals surface area contributed by atoms with Gasteiger partial charge >= 0.3 is 0 Å². The molecule has 0 amide bonds. The molecule has 1 saturated heterocycles. The lowest BCUT2D eigenvalue weighted by atomic mass is 10.2. The highest BCUT2D eigenvalue weighted by Gasteiger charge is 2.25. The van der Waals surface area contributed by atoms with Crippen molar-refractivity contribution >= 4 is 5.69 Å². The number of rotatable bonds is 2. The molecular weight excluding hydrogens is 164 g/mol. The van der Waals surface area contributed by atoms with Crippen molar-refractivity contribution in [1.82, 2.24) is 4.90 Å². The van der Waals surface area contributed by atoms with Crippen molar-refractivity contribution in [1.29, 1.82) is 0 Å². The first-order chi connectivity index (χ1) is 6.25. The summed E-state index contributed by atoms with van der Waals surface area (Å²) in [4.78, 5) is 2.21. The molecule has 0 spiro atoms. The lowest BCUT2D eigenvalue weighted by molar-refractivity contribution is 0.0394. The van der Waals surface area contributed by atoms with Crippen LogP contribution >= 0.6 is 0 Å². The molecule has 0 bridgehead atoms. The van der Waals surface area contributed by atoms with Gasteiger partial charge in [-0.3, -0.25) is 4.90 Å². The van der Waals surface area contributed by atoms with E-state index in [2.05, 4.69) is 11.9 Å². The number of nitrogens with two attached hydrogens (primary N) is 1. The second-order valence-corrected chi connectivity index (χ2v) is 3.50. The van der Waals surface area contributed by atoms with Crippen molar-refractivity contribution in [2.45, 2.75) is 6.10 Å². The Kier molecular flexibility index (Phi) is 2.10. The average Bonchev–Trinajstić information content (AvgIpc) is 2.06. The molecule has 3 heteroatoms. The van der Waals surface area contributed by atoms with Gasteiger partial charge in [-0.1, -0.05) is 12.1 Å². The van der Waals surface area contributed by atoms with Crippen molar-refractivity contribution in [3.05, 3.63) is 24.3 Å². The van der Waals surface area contributed by atoms with Gasteiger partial charge in [0.25, 0.3) is 0 Å². The summed E-state index contributed by atoms with van der Waals surface area (Å²) in [6.07, 6.45) is 0.315. The van der Waals surface area contributed by atoms with Crippen LogP contribution in [0.2, 0.25) is 0 Å². The Balaban J connectivity index is 1.98. The van der Waals surface area contributed by atoms with Crippen molar-refractivity contribution in [3.8, 4) is 5.75 Å². The normalized spacial score (nSPS) is 18.2. The van der Waals surface area contributed by atoms with Crippen LogP contribution in [0.5, 0.6) is 5.75 Å². The van der Waals surface area contributed by atoms with Crippen molar-refractivity contribution in [3.63, 3.8) is 0 Å². The van der Waals surface area contributed by atoms with Crippen LogP contribution in [0.25, 0.3) is 0 Å². The van der Waals surface area contributed by atoms with Gasteiger partial charge < -0.3 is 10.5 Å². The molecule has 1 fully saturated rings. The summed E-state index contributed by atoms with van der Waals surface area (Å²) in [7, 11) is 2.08. The Bertz CT molecular complexity index is 295. The maximum Gasteiger partial charge on any atom is 0.142 e. The molecule has 0 atom stereocenters. The zero-order valence-corrected chi connectivity index (χ0v) is 7.73. The molecule has 1 aliphatic heterocycles. The summed E-state index contributed by atoms with van der Waals surface area (Å²) in [6.45, 7) is 1.99. The lowest BCUT2D eigenvalue weighted by Gasteiger charge is -2.36. The maximum absolute atomic E-state index is 5.74. The predicted molar refractivity (Wildman–Crippen MR) is 52.8 cm³/mol. The van der Waals surface area contributed by atoms with Gasteiger partial charge in [0.15, 0.2) is 0 Å². The van der Waals surface area contributed by atoms with Crippen LogP contribution in [0, 0.1) is 0 Å². The fourth-order valence-electron chi connectivity index (χ4n) is 1.48. The van der Waals surface area contributed by atoms with E-state index < -0.39 is 0 Å². The molecule has 0 aromatic heterocycles. The highest BCUT2D eigenvalue weighted by molar-refractivity contribution is 5.51. The Morgan fingerprint density at radius 1 is 1.38 bits per heavy atom. The number of hydrogen-bond donors (Lipinski definition) is 1. The van der Waals surface area contributed by atoms with Crippen LogP contribution in [0.4, 0.5) is 5.69 Å². The number of likely N-dealkylation sites (N-methyl/N-ethyl adjacent to an activating group) is 1. The van der Waals surface area contributed by atoms with E-state index in [1.165, 1.54) is 0 Å². The van der Waals surface area contributed by atoms with Crippen LogP contribution in [0.1, 0.15) is 0 Å². The second-order valence-electron chi connectivity index (χ2n) is 3.50. The highest BCUT2D eigenvalue weighted by Crippen LogP contribution is 2.23. The van der Waals surface area contributed by atoms with E-state index in [0.29, 0.717) is 6.10 Å². The predicted octanol–water partition coefficient (Wildman–Crippen LogP) is 0.962. The van der Waals surface area contributed by atoms with Crippen molar-refractivity contribution < 1.29 is 4.74 Å². The van der Waals surface area contributed by atoms with Gasteiger partial charge in [-0.2, -0.15) is 0 Å². The average molecular weight is 178 g/mol. The zero-order chi connectivity index (χ0) is 9.26. The Morgan fingerprint density at radius 2 is 2.08 bits per heavy atom. The second kappa shape index (κ2) is 3.26. The molecule has 1 aliphatic rings. The maximum atomic E-state index is 5.74. The standard InChI is InChI=1S/C10H14N2O/c1-12-6-8(7-12)13-10-5-3-2-4-9(10)11/h2-5,8H,6-7,11H2,1H3. The SMILES string of the molecule is CN1CC(Oc2ccccc2N)C1. The first-order valence-corrected chi connectivity index (χ1v) is 4.45. The van der Waals surface area contributed by atoms with Crippen LogP contribution < -0.4 is 10.5 Å². The zero-order valence-electron chi connectivity index (χ0n) is 7.73. The minimum Gasteiger partial charge on any atom is -0.486 e. The molecule has 2 rings (SSSR count). The molecule has 1 aromatic carbocycles. The monoisotopic (exact) mass is 178 g/mol. The molecular formula is C10H14N2O. The van der Waals surface area contributed by atoms with E-state index in [4.69, 9.17) is 10.5 Å². The molecule has 0 aliphatic carbocycles. The minimum absolute atomic E-state index is 0.315. The van der Waals surface area contributed by atoms with Gasteiger partial charge in [0.2, 0.25) is 0 Å². The minimum atomic E-state index is 0.315. The van der Waals surface area contributed by atoms with Gasteiger partial charge in [0.1, 0.15) is 11.9 Å². The molecule has 1 heterocycles. The van der Waals surface area contributed by atoms with Gasteiger partial charge in [0.05, 0.1) is 5.69 Å². The number of benzene rings is 1. The number of anilines is 1. The van der Waals surface area contributed by atoms with Crippen molar-refractivity contribution in [2.24, 2.45) is 0 Å². The number of likely N-dealkylation sites (tertiary alicyclic amines) is 1. The summed E-state index contributed by atoms with van der Waals surface area (Å²) in [5, 5.41) is 0. The van der Waals surface area contributed by atoms with E-state index in [1.807, 2.05) is 24.3 Å². The van der Waals surface area contributed by atoms with Crippen LogP contribution in [-0.2, 0) is 0 Å². The third kappa shape index (κ3) is 1.75. The van der Waals surface area contributed by atoms with Crippen LogP contribution in [-0.4, -0.2) is 31.1 Å². The molecule has 70 valence electrons. The molecule has 1 aromatic rings. The van der Waals surface area contributed by atoms with Crippen LogP contribution in [0.15, 0.2) is 24.3 Å². The smallest absolute Gasteiger partial charge is 0.142 e. The summed E-state index contributed by atoms with van der Waals surface area (Å²) in [5.41, 5.74) is 6.46. The quantitative estimate of drug-likeness (QED) is 0.685. The number of hydrogen-bond acceptors (Lipinski definition) is 3. The summed E-state index contributed by atoms with van der Waals surface area (Å²) in [6, 6.07) is 7.62. The summed E-state index contributed by atoms with van der Waals surface area (Å²) in [5.74, 6) is 0.806. The van der Waals surface area contributed by atoms with E-state index >= 15 is 0 Å². The summed E-state index contributed by atoms with van der Waals surface area (Å²) < 4.78 is 5.68. The number of nitrogens with zero attached hydrogens (tertiary/aromatic N) is 1. The van der Waals surface area contributed by atoms with Crippen LogP contribution in [0.3, 0.4) is 0 Å². The van der Waals surface area contributed by atoms with Gasteiger partial charge in [-0.15, -0.1) is 0 Å². The fourth-order valence-corrected chi connectivity index (χ4v) is 1.48. The van der Waals surface area contributed by atoms with E-state index in [-0.39, 0.29) is 0 Å². The molecule has 3 nitrogen and oxygen atoms in total. The first kappa shape index (κ1) is 8.38. The largest absolute Gasteiger partial charge is 0.486 e. The Morgan fingerprint density at radius 3 is 2.69 bits per heavy atom. The lowest BCUT2D eigenvalue weighted by Crippen LogP contribution is -2.51. The summed E-state index contributed by atoms with van der Waals surface area (Å²) >= 11 is 0. The third-order valence-corrected chi connectivity index (χ3v) is 2.24. The number of nitrogen functional groups attached to an aromatic ring is 1. The van der Waals surface area contributed by atoms with E-state index in [9.17, 15) is 0 Å². The Hall–Kier alpha value is -1.22. The fraction of sp³-hybridized carbons (Fsp3) is 0.400. The molecule has 2 N–H and O–H groups in total. The molecule has 0 unspecified atom stereocenters. The van der Waals surface area contributed by atoms with Gasteiger partial charge in [-0.05, 0) is 19.2 Å².